The molecule has 0 aliphatic carbocycles. The number of anilines is 1. The number of rotatable bonds is 9. The lowest BCUT2D eigenvalue weighted by molar-refractivity contribution is -0.113. The quantitative estimate of drug-likeness (QED) is 0.203. The van der Waals surface area contributed by atoms with Crippen molar-refractivity contribution in [2.75, 3.05) is 11.1 Å². The van der Waals surface area contributed by atoms with Crippen molar-refractivity contribution in [3.63, 3.8) is 0 Å². The van der Waals surface area contributed by atoms with Gasteiger partial charge >= 0.3 is 0 Å². The predicted octanol–water partition coefficient (Wildman–Crippen LogP) is 6.54. The highest BCUT2D eigenvalue weighted by Crippen LogP contribution is 2.30. The number of amides is 1. The SMILES string of the molecule is C=CCn1c(COc2ccc3ccccc3c2C)nnc1SCC(=O)Nc1cccc(Cl)c1Cl. The van der Waals surface area contributed by atoms with Gasteiger partial charge in [0.15, 0.2) is 11.0 Å². The van der Waals surface area contributed by atoms with E-state index in [0.29, 0.717) is 33.3 Å². The first-order valence-electron chi connectivity index (χ1n) is 10.5. The first-order valence-corrected chi connectivity index (χ1v) is 12.2. The third-order valence-corrected chi connectivity index (χ3v) is 6.95. The number of aromatic nitrogens is 3. The molecule has 1 aromatic heterocycles. The van der Waals surface area contributed by atoms with E-state index < -0.39 is 0 Å². The summed E-state index contributed by atoms with van der Waals surface area (Å²) in [7, 11) is 0. The van der Waals surface area contributed by atoms with Crippen molar-refractivity contribution in [1.82, 2.24) is 14.8 Å². The van der Waals surface area contributed by atoms with Crippen molar-refractivity contribution in [1.29, 1.82) is 0 Å². The van der Waals surface area contributed by atoms with Gasteiger partial charge in [-0.2, -0.15) is 0 Å². The second kappa shape index (κ2) is 11.0. The van der Waals surface area contributed by atoms with Crippen LogP contribution < -0.4 is 10.1 Å². The maximum atomic E-state index is 12.4. The zero-order chi connectivity index (χ0) is 24.1. The van der Waals surface area contributed by atoms with Gasteiger partial charge in [-0.1, -0.05) is 77.4 Å². The lowest BCUT2D eigenvalue weighted by Gasteiger charge is -2.12. The number of halogens is 2. The predicted molar refractivity (Wildman–Crippen MR) is 139 cm³/mol. The highest BCUT2D eigenvalue weighted by molar-refractivity contribution is 7.99. The van der Waals surface area contributed by atoms with Gasteiger partial charge in [0.2, 0.25) is 5.91 Å². The molecule has 4 rings (SSSR count). The van der Waals surface area contributed by atoms with E-state index in [-0.39, 0.29) is 18.3 Å². The van der Waals surface area contributed by atoms with Crippen LogP contribution in [0, 0.1) is 6.92 Å². The van der Waals surface area contributed by atoms with Gasteiger partial charge in [-0.25, -0.2) is 0 Å². The minimum absolute atomic E-state index is 0.128. The molecule has 3 aromatic carbocycles. The molecule has 0 fully saturated rings. The molecule has 6 nitrogen and oxygen atoms in total. The molecule has 4 aromatic rings. The van der Waals surface area contributed by atoms with Crippen LogP contribution in [0.1, 0.15) is 11.4 Å². The Morgan fingerprint density at radius 2 is 1.97 bits per heavy atom. The number of thioether (sulfide) groups is 1. The number of benzene rings is 3. The Hall–Kier alpha value is -3.00. The number of nitrogens with zero attached hydrogens (tertiary/aromatic N) is 3. The molecule has 0 radical (unpaired) electrons. The normalized spacial score (nSPS) is 10.9. The van der Waals surface area contributed by atoms with Crippen LogP contribution in [0.25, 0.3) is 10.8 Å². The van der Waals surface area contributed by atoms with Gasteiger partial charge in [-0.3, -0.25) is 9.36 Å². The molecule has 34 heavy (non-hydrogen) atoms. The van der Waals surface area contributed by atoms with E-state index in [1.807, 2.05) is 35.8 Å². The van der Waals surface area contributed by atoms with E-state index in [2.05, 4.69) is 34.2 Å². The Morgan fingerprint density at radius 1 is 1.15 bits per heavy atom. The molecule has 0 spiro atoms. The number of carbonyl (C=O) groups is 1. The van der Waals surface area contributed by atoms with Crippen molar-refractivity contribution in [3.8, 4) is 5.75 Å². The molecule has 1 amide bonds. The second-order valence-corrected chi connectivity index (χ2v) is 9.16. The maximum absolute atomic E-state index is 12.4. The molecule has 0 saturated heterocycles. The topological polar surface area (TPSA) is 69.0 Å². The van der Waals surface area contributed by atoms with Crippen LogP contribution in [0.15, 0.2) is 72.4 Å². The average Bonchev–Trinajstić information content (AvgIpc) is 3.22. The van der Waals surface area contributed by atoms with E-state index in [1.165, 1.54) is 11.8 Å². The van der Waals surface area contributed by atoms with Crippen molar-refractivity contribution < 1.29 is 9.53 Å². The Balaban J connectivity index is 1.43. The second-order valence-electron chi connectivity index (χ2n) is 7.43. The highest BCUT2D eigenvalue weighted by Gasteiger charge is 2.16. The van der Waals surface area contributed by atoms with Crippen LogP contribution in [0.5, 0.6) is 5.75 Å². The van der Waals surface area contributed by atoms with Crippen molar-refractivity contribution in [2.24, 2.45) is 0 Å². The number of ether oxygens (including phenoxy) is 1. The van der Waals surface area contributed by atoms with Gasteiger partial charge in [0.1, 0.15) is 12.4 Å². The minimum atomic E-state index is -0.230. The van der Waals surface area contributed by atoms with Crippen LogP contribution in [0.2, 0.25) is 10.0 Å². The Labute approximate surface area is 211 Å². The molecule has 174 valence electrons. The molecule has 0 aliphatic heterocycles. The largest absolute Gasteiger partial charge is 0.485 e. The summed E-state index contributed by atoms with van der Waals surface area (Å²) in [5.41, 5.74) is 1.53. The Bertz CT molecular complexity index is 1360. The number of aryl methyl sites for hydroxylation is 1. The molecule has 9 heteroatoms. The molecular formula is C25H22Cl2N4O2S. The maximum Gasteiger partial charge on any atom is 0.234 e. The summed E-state index contributed by atoms with van der Waals surface area (Å²) in [6.07, 6.45) is 1.75. The number of fused-ring (bicyclic) bond motifs is 1. The summed E-state index contributed by atoms with van der Waals surface area (Å²) in [4.78, 5) is 12.4. The van der Waals surface area contributed by atoms with Gasteiger partial charge in [0.25, 0.3) is 0 Å². The van der Waals surface area contributed by atoms with Crippen molar-refractivity contribution in [3.05, 3.63) is 88.7 Å². The molecule has 1 heterocycles. The molecule has 0 unspecified atom stereocenters. The van der Waals surface area contributed by atoms with Crippen LogP contribution in [0.3, 0.4) is 0 Å². The molecule has 0 bridgehead atoms. The van der Waals surface area contributed by atoms with Gasteiger partial charge in [0, 0.05) is 6.54 Å². The Kier molecular flexibility index (Phi) is 7.77. The Morgan fingerprint density at radius 3 is 2.79 bits per heavy atom. The first kappa shape index (κ1) is 24.1. The summed E-state index contributed by atoms with van der Waals surface area (Å²) >= 11 is 13.4. The van der Waals surface area contributed by atoms with Crippen LogP contribution in [-0.4, -0.2) is 26.4 Å². The molecule has 0 saturated carbocycles. The molecule has 0 aliphatic rings. The summed E-state index contributed by atoms with van der Waals surface area (Å²) < 4.78 is 7.97. The third-order valence-electron chi connectivity index (χ3n) is 5.17. The van der Waals surface area contributed by atoms with E-state index in [9.17, 15) is 4.79 Å². The van der Waals surface area contributed by atoms with Crippen molar-refractivity contribution in [2.45, 2.75) is 25.2 Å². The highest BCUT2D eigenvalue weighted by atomic mass is 35.5. The molecule has 1 N–H and O–H groups in total. The number of hydrogen-bond acceptors (Lipinski definition) is 5. The van der Waals surface area contributed by atoms with E-state index in [0.717, 1.165) is 22.1 Å². The van der Waals surface area contributed by atoms with Gasteiger partial charge in [-0.15, -0.1) is 16.8 Å². The van der Waals surface area contributed by atoms with E-state index in [1.54, 1.807) is 24.3 Å². The molecular weight excluding hydrogens is 491 g/mol. The summed E-state index contributed by atoms with van der Waals surface area (Å²) in [5.74, 6) is 1.34. The number of nitrogens with one attached hydrogen (secondary N) is 1. The fourth-order valence-electron chi connectivity index (χ4n) is 3.47. The van der Waals surface area contributed by atoms with E-state index >= 15 is 0 Å². The van der Waals surface area contributed by atoms with Crippen LogP contribution >= 0.6 is 35.0 Å². The van der Waals surface area contributed by atoms with Gasteiger partial charge in [0.05, 0.1) is 21.5 Å². The third kappa shape index (κ3) is 5.38. The fraction of sp³-hybridized carbons (Fsp3) is 0.160. The number of allylic oxidation sites excluding steroid dienone is 1. The fourth-order valence-corrected chi connectivity index (χ4v) is 4.58. The van der Waals surface area contributed by atoms with Gasteiger partial charge < -0.3 is 10.1 Å². The van der Waals surface area contributed by atoms with Crippen LogP contribution in [0.4, 0.5) is 5.69 Å². The van der Waals surface area contributed by atoms with Crippen LogP contribution in [-0.2, 0) is 17.9 Å². The zero-order valence-electron chi connectivity index (χ0n) is 18.4. The zero-order valence-corrected chi connectivity index (χ0v) is 20.8. The smallest absolute Gasteiger partial charge is 0.234 e. The van der Waals surface area contributed by atoms with Crippen molar-refractivity contribution >= 4 is 57.3 Å². The lowest BCUT2D eigenvalue weighted by atomic mass is 10.0. The summed E-state index contributed by atoms with van der Waals surface area (Å²) in [5, 5.41) is 14.9. The number of carbonyl (C=O) groups excluding carboxylic acids is 1. The summed E-state index contributed by atoms with van der Waals surface area (Å²) in [6.45, 7) is 6.59. The summed E-state index contributed by atoms with van der Waals surface area (Å²) in [6, 6.07) is 17.3. The lowest BCUT2D eigenvalue weighted by Crippen LogP contribution is -2.15. The average molecular weight is 513 g/mol. The number of hydrogen-bond donors (Lipinski definition) is 1. The van der Waals surface area contributed by atoms with Gasteiger partial charge in [-0.05, 0) is 41.5 Å². The minimum Gasteiger partial charge on any atom is -0.485 e. The first-order chi connectivity index (χ1) is 16.5. The monoisotopic (exact) mass is 512 g/mol. The standard InChI is InChI=1S/C25H22Cl2N4O2S/c1-3-13-31-22(14-33-21-12-11-17-7-4-5-8-18(17)16(21)2)29-30-25(31)34-15-23(32)28-20-10-6-9-19(26)24(20)27/h3-12H,1,13-15H2,2H3,(H,28,32). The molecule has 0 atom stereocenters. The van der Waals surface area contributed by atoms with E-state index in [4.69, 9.17) is 27.9 Å².